The summed E-state index contributed by atoms with van der Waals surface area (Å²) < 4.78 is 11.7. The van der Waals surface area contributed by atoms with Crippen molar-refractivity contribution < 1.29 is 14.3 Å². The maximum absolute atomic E-state index is 12.6. The molecule has 0 spiro atoms. The normalized spacial score (nSPS) is 24.5. The van der Waals surface area contributed by atoms with Crippen LogP contribution < -0.4 is 14.8 Å². The van der Waals surface area contributed by atoms with Gasteiger partial charge in [-0.25, -0.2) is 0 Å². The van der Waals surface area contributed by atoms with E-state index in [9.17, 15) is 4.79 Å². The number of aromatic nitrogens is 2. The SMILES string of the molecule is CC[C@@]1(C)Oc2ccc(NC(=O)[C@@H]3CCc4cn[nH]c4C3)cc2O1. The fraction of sp³-hybridized carbons (Fsp3) is 0.444. The van der Waals surface area contributed by atoms with E-state index in [1.165, 1.54) is 5.56 Å². The average molecular weight is 327 g/mol. The summed E-state index contributed by atoms with van der Waals surface area (Å²) in [7, 11) is 0. The fourth-order valence-corrected chi connectivity index (χ4v) is 3.26. The van der Waals surface area contributed by atoms with Gasteiger partial charge >= 0.3 is 0 Å². The molecule has 6 heteroatoms. The van der Waals surface area contributed by atoms with E-state index in [0.717, 1.165) is 36.4 Å². The Morgan fingerprint density at radius 3 is 3.08 bits per heavy atom. The first-order valence-electron chi connectivity index (χ1n) is 8.40. The van der Waals surface area contributed by atoms with Gasteiger partial charge in [-0.2, -0.15) is 5.10 Å². The number of nitrogens with one attached hydrogen (secondary N) is 2. The highest BCUT2D eigenvalue weighted by Gasteiger charge is 2.35. The van der Waals surface area contributed by atoms with Crippen molar-refractivity contribution in [3.05, 3.63) is 35.7 Å². The number of H-pyrrole nitrogens is 1. The molecule has 6 nitrogen and oxygen atoms in total. The van der Waals surface area contributed by atoms with E-state index in [2.05, 4.69) is 15.5 Å². The van der Waals surface area contributed by atoms with Crippen LogP contribution in [0.2, 0.25) is 0 Å². The topological polar surface area (TPSA) is 76.2 Å². The molecule has 0 fully saturated rings. The zero-order valence-corrected chi connectivity index (χ0v) is 13.9. The van der Waals surface area contributed by atoms with Crippen LogP contribution in [0.5, 0.6) is 11.5 Å². The lowest BCUT2D eigenvalue weighted by molar-refractivity contribution is -0.120. The van der Waals surface area contributed by atoms with Crippen molar-refractivity contribution in [2.75, 3.05) is 5.32 Å². The number of nitrogens with zero attached hydrogens (tertiary/aromatic N) is 1. The molecule has 1 amide bonds. The Kier molecular flexibility index (Phi) is 3.48. The summed E-state index contributed by atoms with van der Waals surface area (Å²) in [5.74, 6) is 0.774. The van der Waals surface area contributed by atoms with Gasteiger partial charge in [0.1, 0.15) is 0 Å². The monoisotopic (exact) mass is 327 g/mol. The molecule has 4 rings (SSSR count). The molecule has 0 saturated carbocycles. The van der Waals surface area contributed by atoms with E-state index in [1.807, 2.05) is 38.2 Å². The van der Waals surface area contributed by atoms with E-state index in [-0.39, 0.29) is 11.8 Å². The number of aromatic amines is 1. The summed E-state index contributed by atoms with van der Waals surface area (Å²) >= 11 is 0. The summed E-state index contributed by atoms with van der Waals surface area (Å²) in [6.45, 7) is 3.93. The molecule has 1 aromatic heterocycles. The molecule has 0 unspecified atom stereocenters. The molecule has 2 atom stereocenters. The van der Waals surface area contributed by atoms with E-state index < -0.39 is 5.79 Å². The Morgan fingerprint density at radius 1 is 1.42 bits per heavy atom. The Balaban J connectivity index is 1.45. The smallest absolute Gasteiger partial charge is 0.248 e. The quantitative estimate of drug-likeness (QED) is 0.908. The van der Waals surface area contributed by atoms with Crippen LogP contribution >= 0.6 is 0 Å². The maximum Gasteiger partial charge on any atom is 0.248 e. The van der Waals surface area contributed by atoms with E-state index in [4.69, 9.17) is 9.47 Å². The molecule has 0 radical (unpaired) electrons. The third kappa shape index (κ3) is 2.62. The van der Waals surface area contributed by atoms with Crippen molar-refractivity contribution >= 4 is 11.6 Å². The van der Waals surface area contributed by atoms with Crippen molar-refractivity contribution in [2.24, 2.45) is 5.92 Å². The number of amides is 1. The van der Waals surface area contributed by atoms with Crippen LogP contribution in [0.3, 0.4) is 0 Å². The minimum atomic E-state index is -0.620. The number of aryl methyl sites for hydroxylation is 1. The van der Waals surface area contributed by atoms with Crippen LogP contribution in [0, 0.1) is 5.92 Å². The van der Waals surface area contributed by atoms with Gasteiger partial charge in [-0.1, -0.05) is 6.92 Å². The first-order valence-corrected chi connectivity index (χ1v) is 8.40. The summed E-state index contributed by atoms with van der Waals surface area (Å²) in [4.78, 5) is 12.6. The summed E-state index contributed by atoms with van der Waals surface area (Å²) in [5, 5.41) is 10.0. The number of anilines is 1. The number of rotatable bonds is 3. The number of hydrogen-bond acceptors (Lipinski definition) is 4. The van der Waals surface area contributed by atoms with Gasteiger partial charge in [0.25, 0.3) is 0 Å². The summed E-state index contributed by atoms with van der Waals surface area (Å²) in [6.07, 6.45) is 5.04. The largest absolute Gasteiger partial charge is 0.449 e. The lowest BCUT2D eigenvalue weighted by atomic mass is 9.87. The number of benzene rings is 1. The third-order valence-electron chi connectivity index (χ3n) is 4.90. The zero-order chi connectivity index (χ0) is 16.7. The Hall–Kier alpha value is -2.50. The molecule has 2 aliphatic rings. The van der Waals surface area contributed by atoms with Crippen LogP contribution in [0.25, 0.3) is 0 Å². The molecular formula is C18H21N3O3. The van der Waals surface area contributed by atoms with Crippen LogP contribution in [0.4, 0.5) is 5.69 Å². The molecule has 2 N–H and O–H groups in total. The Labute approximate surface area is 140 Å². The van der Waals surface area contributed by atoms with Crippen LogP contribution in [-0.2, 0) is 17.6 Å². The van der Waals surface area contributed by atoms with Crippen molar-refractivity contribution in [2.45, 2.75) is 45.3 Å². The highest BCUT2D eigenvalue weighted by Crippen LogP contribution is 2.42. The van der Waals surface area contributed by atoms with Crippen molar-refractivity contribution in [1.29, 1.82) is 0 Å². The predicted octanol–water partition coefficient (Wildman–Crippen LogP) is 3.05. The van der Waals surface area contributed by atoms with Crippen molar-refractivity contribution in [3.8, 4) is 11.5 Å². The lowest BCUT2D eigenvalue weighted by Crippen LogP contribution is -2.33. The average Bonchev–Trinajstić information content (AvgIpc) is 3.17. The number of ether oxygens (including phenoxy) is 2. The minimum absolute atomic E-state index is 0.0346. The van der Waals surface area contributed by atoms with Gasteiger partial charge in [-0.3, -0.25) is 9.89 Å². The molecule has 126 valence electrons. The molecule has 1 aliphatic carbocycles. The van der Waals surface area contributed by atoms with Crippen LogP contribution in [0.1, 0.15) is 37.9 Å². The Morgan fingerprint density at radius 2 is 2.25 bits per heavy atom. The molecule has 1 aliphatic heterocycles. The Bertz CT molecular complexity index is 786. The summed E-state index contributed by atoms with van der Waals surface area (Å²) in [6, 6.07) is 5.53. The second kappa shape index (κ2) is 5.54. The van der Waals surface area contributed by atoms with E-state index in [0.29, 0.717) is 12.2 Å². The van der Waals surface area contributed by atoms with Gasteiger partial charge in [0.05, 0.1) is 6.20 Å². The number of carbonyl (C=O) groups is 1. The second-order valence-corrected chi connectivity index (χ2v) is 6.66. The van der Waals surface area contributed by atoms with Gasteiger partial charge in [0, 0.05) is 43.1 Å². The number of carbonyl (C=O) groups excluding carboxylic acids is 1. The molecule has 1 aromatic carbocycles. The molecule has 0 saturated heterocycles. The predicted molar refractivity (Wildman–Crippen MR) is 89.1 cm³/mol. The highest BCUT2D eigenvalue weighted by molar-refractivity contribution is 5.93. The first-order chi connectivity index (χ1) is 11.6. The maximum atomic E-state index is 12.6. The van der Waals surface area contributed by atoms with Gasteiger partial charge < -0.3 is 14.8 Å². The molecule has 2 heterocycles. The van der Waals surface area contributed by atoms with E-state index >= 15 is 0 Å². The van der Waals surface area contributed by atoms with Gasteiger partial charge in [0.15, 0.2) is 11.5 Å². The van der Waals surface area contributed by atoms with E-state index in [1.54, 1.807) is 0 Å². The standard InChI is InChI=1S/C18H21N3O3/c1-3-18(2)23-15-7-6-13(9-16(15)24-18)20-17(22)11-4-5-12-10-19-21-14(12)8-11/h6-7,9-11H,3-5,8H2,1-2H3,(H,19,21)(H,20,22)/t11-,18+/m1/s1. The fourth-order valence-electron chi connectivity index (χ4n) is 3.26. The van der Waals surface area contributed by atoms with Gasteiger partial charge in [-0.05, 0) is 30.5 Å². The number of fused-ring (bicyclic) bond motifs is 2. The highest BCUT2D eigenvalue weighted by atomic mass is 16.7. The van der Waals surface area contributed by atoms with Gasteiger partial charge in [0.2, 0.25) is 11.7 Å². The number of hydrogen-bond donors (Lipinski definition) is 2. The van der Waals surface area contributed by atoms with Crippen LogP contribution in [0.15, 0.2) is 24.4 Å². The van der Waals surface area contributed by atoms with Crippen molar-refractivity contribution in [3.63, 3.8) is 0 Å². The molecule has 24 heavy (non-hydrogen) atoms. The second-order valence-electron chi connectivity index (χ2n) is 6.66. The lowest BCUT2D eigenvalue weighted by Gasteiger charge is -2.21. The minimum Gasteiger partial charge on any atom is -0.449 e. The molecule has 0 bridgehead atoms. The first kappa shape index (κ1) is 15.1. The van der Waals surface area contributed by atoms with Crippen molar-refractivity contribution in [1.82, 2.24) is 10.2 Å². The van der Waals surface area contributed by atoms with Crippen LogP contribution in [-0.4, -0.2) is 21.9 Å². The summed E-state index contributed by atoms with van der Waals surface area (Å²) in [5.41, 5.74) is 3.03. The molecule has 2 aromatic rings. The molecular weight excluding hydrogens is 306 g/mol. The zero-order valence-electron chi connectivity index (χ0n) is 13.9. The third-order valence-corrected chi connectivity index (χ3v) is 4.90. The van der Waals surface area contributed by atoms with Gasteiger partial charge in [-0.15, -0.1) is 0 Å².